The first kappa shape index (κ1) is 25.0. The molecule has 3 N–H and O–H groups in total. The van der Waals surface area contributed by atoms with E-state index in [1.807, 2.05) is 0 Å². The van der Waals surface area contributed by atoms with Gasteiger partial charge in [0.2, 0.25) is 0 Å². The Balaban J connectivity index is 0.00000320. The second-order valence-corrected chi connectivity index (χ2v) is 11.2. The van der Waals surface area contributed by atoms with Gasteiger partial charge in [0.15, 0.2) is 9.84 Å². The van der Waals surface area contributed by atoms with Crippen molar-refractivity contribution in [2.24, 2.45) is 17.1 Å². The molecule has 0 heterocycles. The molecule has 0 unspecified atom stereocenters. The van der Waals surface area contributed by atoms with Crippen molar-refractivity contribution in [3.05, 3.63) is 28.8 Å². The van der Waals surface area contributed by atoms with Crippen LogP contribution in [0.2, 0.25) is 5.02 Å². The van der Waals surface area contributed by atoms with Crippen molar-refractivity contribution in [1.82, 2.24) is 5.32 Å². The molecule has 0 radical (unpaired) electrons. The first-order valence-electron chi connectivity index (χ1n) is 10.4. The van der Waals surface area contributed by atoms with Gasteiger partial charge < -0.3 is 15.8 Å². The molecular formula is C22H35ClN2O4S. The number of hydrogen-bond donors (Lipinski definition) is 2. The molecule has 8 heteroatoms. The molecule has 1 aromatic rings. The second-order valence-electron chi connectivity index (χ2n) is 8.47. The lowest BCUT2D eigenvalue weighted by Crippen LogP contribution is -2.43. The minimum atomic E-state index is -3.22. The van der Waals surface area contributed by atoms with E-state index in [4.69, 9.17) is 22.1 Å². The Morgan fingerprint density at radius 2 is 1.93 bits per heavy atom. The van der Waals surface area contributed by atoms with E-state index in [2.05, 4.69) is 5.32 Å². The van der Waals surface area contributed by atoms with Gasteiger partial charge >= 0.3 is 0 Å². The second kappa shape index (κ2) is 10.8. The lowest BCUT2D eigenvalue weighted by molar-refractivity contribution is 0.0681. The largest absolute Gasteiger partial charge is 0.493 e. The highest BCUT2D eigenvalue weighted by molar-refractivity contribution is 7.91. The standard InChI is InChI=1S/C21H31ClN2O4S.CH4/c22-19-6-5-17(28-10-12-29(26,27)11-9-23)13-18(19)20(25)24-15-21-7-1-3-16(14-21)4-2-8-21;/h5-6,13,16H,1-4,7-12,14-15,23H2,(H,24,25);1H4. The van der Waals surface area contributed by atoms with E-state index < -0.39 is 9.84 Å². The number of nitrogens with two attached hydrogens (primary N) is 1. The Hall–Kier alpha value is -1.31. The quantitative estimate of drug-likeness (QED) is 0.586. The van der Waals surface area contributed by atoms with Crippen LogP contribution in [0.15, 0.2) is 18.2 Å². The maximum Gasteiger partial charge on any atom is 0.252 e. The van der Waals surface area contributed by atoms with Gasteiger partial charge in [0, 0.05) is 13.1 Å². The highest BCUT2D eigenvalue weighted by Crippen LogP contribution is 2.48. The number of fused-ring (bicyclic) bond motifs is 2. The zero-order valence-corrected chi connectivity index (χ0v) is 18.4. The fourth-order valence-corrected chi connectivity index (χ4v) is 5.87. The molecule has 2 aliphatic carbocycles. The highest BCUT2D eigenvalue weighted by Gasteiger charge is 2.39. The van der Waals surface area contributed by atoms with Crippen LogP contribution in [0.5, 0.6) is 5.75 Å². The Morgan fingerprint density at radius 1 is 1.23 bits per heavy atom. The normalized spacial score (nSPS) is 23.3. The minimum absolute atomic E-state index is 0. The third-order valence-electron chi connectivity index (χ3n) is 6.26. The van der Waals surface area contributed by atoms with Gasteiger partial charge in [-0.25, -0.2) is 8.42 Å². The van der Waals surface area contributed by atoms with E-state index in [1.165, 1.54) is 44.9 Å². The number of hydrogen-bond acceptors (Lipinski definition) is 5. The van der Waals surface area contributed by atoms with Gasteiger partial charge in [-0.3, -0.25) is 4.79 Å². The highest BCUT2D eigenvalue weighted by atomic mass is 35.5. The molecule has 2 bridgehead atoms. The van der Waals surface area contributed by atoms with Crippen molar-refractivity contribution in [3.8, 4) is 5.75 Å². The van der Waals surface area contributed by atoms with Crippen LogP contribution in [0.4, 0.5) is 0 Å². The van der Waals surface area contributed by atoms with Gasteiger partial charge in [0.25, 0.3) is 5.91 Å². The summed E-state index contributed by atoms with van der Waals surface area (Å²) >= 11 is 6.24. The number of carbonyl (C=O) groups is 1. The topological polar surface area (TPSA) is 98.5 Å². The van der Waals surface area contributed by atoms with Gasteiger partial charge in [0.1, 0.15) is 12.4 Å². The van der Waals surface area contributed by atoms with Crippen molar-refractivity contribution >= 4 is 27.3 Å². The summed E-state index contributed by atoms with van der Waals surface area (Å²) in [5, 5.41) is 3.45. The summed E-state index contributed by atoms with van der Waals surface area (Å²) in [5.41, 5.74) is 5.89. The Bertz CT molecular complexity index is 818. The SMILES string of the molecule is C.NCCS(=O)(=O)CCOc1ccc(Cl)c(C(=O)NCC23CCCC(CCC2)C3)c1. The first-order chi connectivity index (χ1) is 13.8. The van der Waals surface area contributed by atoms with E-state index in [-0.39, 0.29) is 43.4 Å². The number of carbonyl (C=O) groups excluding carboxylic acids is 1. The molecule has 2 saturated carbocycles. The molecule has 2 aliphatic rings. The summed E-state index contributed by atoms with van der Waals surface area (Å²) in [6, 6.07) is 4.82. The molecule has 0 aliphatic heterocycles. The average Bonchev–Trinajstić information content (AvgIpc) is 2.67. The molecule has 170 valence electrons. The summed E-state index contributed by atoms with van der Waals surface area (Å²) in [5.74, 6) is 0.852. The molecule has 0 spiro atoms. The van der Waals surface area contributed by atoms with Crippen molar-refractivity contribution in [2.45, 2.75) is 52.4 Å². The molecule has 3 rings (SSSR count). The first-order valence-corrected chi connectivity index (χ1v) is 12.6. The van der Waals surface area contributed by atoms with Gasteiger partial charge in [-0.1, -0.05) is 44.7 Å². The molecule has 0 aromatic heterocycles. The number of ether oxygens (including phenoxy) is 1. The van der Waals surface area contributed by atoms with Crippen LogP contribution in [-0.2, 0) is 9.84 Å². The Morgan fingerprint density at radius 3 is 2.60 bits per heavy atom. The lowest BCUT2D eigenvalue weighted by Gasteiger charge is -2.45. The minimum Gasteiger partial charge on any atom is -0.493 e. The summed E-state index contributed by atoms with van der Waals surface area (Å²) in [7, 11) is -3.22. The summed E-state index contributed by atoms with van der Waals surface area (Å²) in [6.07, 6.45) is 8.70. The number of sulfone groups is 1. The van der Waals surface area contributed by atoms with Crippen LogP contribution in [-0.4, -0.2) is 45.5 Å². The van der Waals surface area contributed by atoms with Gasteiger partial charge in [-0.2, -0.15) is 0 Å². The van der Waals surface area contributed by atoms with Crippen LogP contribution in [0.25, 0.3) is 0 Å². The molecule has 1 aromatic carbocycles. The van der Waals surface area contributed by atoms with Crippen LogP contribution >= 0.6 is 11.6 Å². The third-order valence-corrected chi connectivity index (χ3v) is 8.23. The molecule has 30 heavy (non-hydrogen) atoms. The van der Waals surface area contributed by atoms with Gasteiger partial charge in [-0.05, 0) is 48.8 Å². The number of benzene rings is 1. The Kier molecular flexibility index (Phi) is 9.00. The number of rotatable bonds is 9. The maximum absolute atomic E-state index is 12.8. The van der Waals surface area contributed by atoms with Crippen molar-refractivity contribution < 1.29 is 17.9 Å². The zero-order valence-electron chi connectivity index (χ0n) is 16.8. The summed E-state index contributed by atoms with van der Waals surface area (Å²) in [6.45, 7) is 0.784. The van der Waals surface area contributed by atoms with E-state index in [0.717, 1.165) is 5.92 Å². The Labute approximate surface area is 185 Å². The van der Waals surface area contributed by atoms with Crippen molar-refractivity contribution in [1.29, 1.82) is 0 Å². The molecule has 6 nitrogen and oxygen atoms in total. The fourth-order valence-electron chi connectivity index (χ4n) is 4.77. The summed E-state index contributed by atoms with van der Waals surface area (Å²) < 4.78 is 29.0. The third kappa shape index (κ3) is 6.59. The van der Waals surface area contributed by atoms with E-state index in [0.29, 0.717) is 22.9 Å². The molecule has 1 amide bonds. The molecular weight excluding hydrogens is 424 g/mol. The van der Waals surface area contributed by atoms with Crippen LogP contribution < -0.4 is 15.8 Å². The predicted molar refractivity (Wildman–Crippen MR) is 122 cm³/mol. The van der Waals surface area contributed by atoms with Gasteiger partial charge in [-0.15, -0.1) is 0 Å². The monoisotopic (exact) mass is 458 g/mol. The lowest BCUT2D eigenvalue weighted by atomic mass is 9.62. The maximum atomic E-state index is 12.8. The van der Waals surface area contributed by atoms with Crippen LogP contribution in [0, 0.1) is 11.3 Å². The number of nitrogens with one attached hydrogen (secondary N) is 1. The number of amides is 1. The molecule has 2 fully saturated rings. The van der Waals surface area contributed by atoms with E-state index in [1.54, 1.807) is 18.2 Å². The van der Waals surface area contributed by atoms with Crippen LogP contribution in [0.1, 0.15) is 62.7 Å². The van der Waals surface area contributed by atoms with Crippen molar-refractivity contribution in [2.75, 3.05) is 31.2 Å². The van der Waals surface area contributed by atoms with E-state index >= 15 is 0 Å². The van der Waals surface area contributed by atoms with E-state index in [9.17, 15) is 13.2 Å². The predicted octanol–water partition coefficient (Wildman–Crippen LogP) is 3.82. The smallest absolute Gasteiger partial charge is 0.252 e. The average molecular weight is 459 g/mol. The van der Waals surface area contributed by atoms with Gasteiger partial charge in [0.05, 0.1) is 22.1 Å². The molecule has 0 saturated heterocycles. The van der Waals surface area contributed by atoms with Crippen LogP contribution in [0.3, 0.4) is 0 Å². The number of halogens is 1. The summed E-state index contributed by atoms with van der Waals surface area (Å²) in [4.78, 5) is 12.8. The molecule has 0 atom stereocenters. The van der Waals surface area contributed by atoms with Crippen molar-refractivity contribution in [3.63, 3.8) is 0 Å². The zero-order chi connectivity index (χ0) is 20.9. The fraction of sp³-hybridized carbons (Fsp3) is 0.682.